The average Bonchev–Trinajstić information content (AvgIpc) is 2.96. The third kappa shape index (κ3) is 5.38. The molecule has 0 saturated carbocycles. The quantitative estimate of drug-likeness (QED) is 0.686. The second kappa shape index (κ2) is 8.67. The van der Waals surface area contributed by atoms with Crippen molar-refractivity contribution in [3.05, 3.63) is 29.3 Å². The van der Waals surface area contributed by atoms with Crippen LogP contribution in [-0.4, -0.2) is 30.8 Å². The van der Waals surface area contributed by atoms with Gasteiger partial charge in [0, 0.05) is 13.2 Å². The topological polar surface area (TPSA) is 58.6 Å². The average molecular weight is 291 g/mol. The number of aliphatic hydroxyl groups excluding tert-OH is 1. The maximum atomic E-state index is 11.7. The van der Waals surface area contributed by atoms with Gasteiger partial charge in [0.25, 0.3) is 5.91 Å². The summed E-state index contributed by atoms with van der Waals surface area (Å²) in [5.74, 6) is 0.714. The lowest BCUT2D eigenvalue weighted by atomic mass is 10.1. The minimum Gasteiger partial charge on any atom is -0.484 e. The number of hydrogen-bond donors (Lipinski definition) is 2. The van der Waals surface area contributed by atoms with Crippen molar-refractivity contribution < 1.29 is 14.6 Å². The van der Waals surface area contributed by atoms with E-state index in [1.54, 1.807) is 0 Å². The third-order valence-corrected chi connectivity index (χ3v) is 3.85. The minimum absolute atomic E-state index is 0.0716. The zero-order valence-electron chi connectivity index (χ0n) is 12.6. The third-order valence-electron chi connectivity index (χ3n) is 3.85. The molecule has 1 aliphatic carbocycles. The fraction of sp³-hybridized carbons (Fsp3) is 0.588. The van der Waals surface area contributed by atoms with Crippen LogP contribution in [-0.2, 0) is 17.6 Å². The SMILES string of the molecule is O=C(COc1ccc2c(c1)CCC2)NCCCCCCO. The zero-order valence-corrected chi connectivity index (χ0v) is 12.6. The fourth-order valence-corrected chi connectivity index (χ4v) is 2.66. The van der Waals surface area contributed by atoms with E-state index in [1.165, 1.54) is 17.5 Å². The molecule has 21 heavy (non-hydrogen) atoms. The zero-order chi connectivity index (χ0) is 14.9. The number of aryl methyl sites for hydroxylation is 2. The molecule has 1 aliphatic rings. The van der Waals surface area contributed by atoms with Gasteiger partial charge in [0.2, 0.25) is 0 Å². The number of aliphatic hydroxyl groups is 1. The lowest BCUT2D eigenvalue weighted by molar-refractivity contribution is -0.123. The van der Waals surface area contributed by atoms with E-state index in [9.17, 15) is 4.79 Å². The van der Waals surface area contributed by atoms with Crippen LogP contribution >= 0.6 is 0 Å². The summed E-state index contributed by atoms with van der Waals surface area (Å²) in [6.07, 6.45) is 7.33. The molecule has 2 N–H and O–H groups in total. The summed E-state index contributed by atoms with van der Waals surface area (Å²) in [6.45, 7) is 1.01. The first kappa shape index (κ1) is 15.8. The van der Waals surface area contributed by atoms with Crippen LogP contribution in [0.2, 0.25) is 0 Å². The van der Waals surface area contributed by atoms with Gasteiger partial charge in [-0.05, 0) is 55.4 Å². The van der Waals surface area contributed by atoms with E-state index in [0.29, 0.717) is 6.54 Å². The molecule has 0 unspecified atom stereocenters. The number of carbonyl (C=O) groups is 1. The summed E-state index contributed by atoms with van der Waals surface area (Å²) in [5, 5.41) is 11.5. The Bertz CT molecular complexity index is 459. The second-order valence-electron chi connectivity index (χ2n) is 5.56. The van der Waals surface area contributed by atoms with E-state index in [0.717, 1.165) is 44.3 Å². The summed E-state index contributed by atoms with van der Waals surface area (Å²) >= 11 is 0. The molecule has 1 amide bonds. The van der Waals surface area contributed by atoms with E-state index in [-0.39, 0.29) is 19.1 Å². The van der Waals surface area contributed by atoms with Crippen molar-refractivity contribution in [3.8, 4) is 5.75 Å². The van der Waals surface area contributed by atoms with E-state index >= 15 is 0 Å². The Hall–Kier alpha value is -1.55. The predicted octanol–water partition coefficient (Wildman–Crippen LogP) is 2.22. The first-order valence-corrected chi connectivity index (χ1v) is 7.92. The van der Waals surface area contributed by atoms with Crippen molar-refractivity contribution in [2.75, 3.05) is 19.8 Å². The van der Waals surface area contributed by atoms with Gasteiger partial charge in [-0.2, -0.15) is 0 Å². The molecular formula is C17H25NO3. The molecule has 0 aromatic heterocycles. The highest BCUT2D eigenvalue weighted by molar-refractivity contribution is 5.77. The van der Waals surface area contributed by atoms with Crippen molar-refractivity contribution in [3.63, 3.8) is 0 Å². The van der Waals surface area contributed by atoms with Crippen molar-refractivity contribution >= 4 is 5.91 Å². The van der Waals surface area contributed by atoms with Crippen LogP contribution in [0.1, 0.15) is 43.2 Å². The van der Waals surface area contributed by atoms with Gasteiger partial charge in [-0.3, -0.25) is 4.79 Å². The smallest absolute Gasteiger partial charge is 0.257 e. The van der Waals surface area contributed by atoms with Gasteiger partial charge in [-0.1, -0.05) is 18.9 Å². The number of benzene rings is 1. The largest absolute Gasteiger partial charge is 0.484 e. The predicted molar refractivity (Wildman–Crippen MR) is 82.5 cm³/mol. The molecule has 1 aromatic rings. The van der Waals surface area contributed by atoms with Crippen LogP contribution in [0.25, 0.3) is 0 Å². The summed E-state index contributed by atoms with van der Waals surface area (Å²) in [7, 11) is 0. The Morgan fingerprint density at radius 2 is 1.95 bits per heavy atom. The number of fused-ring (bicyclic) bond motifs is 1. The van der Waals surface area contributed by atoms with Crippen molar-refractivity contribution in [2.24, 2.45) is 0 Å². The first-order valence-electron chi connectivity index (χ1n) is 7.92. The Morgan fingerprint density at radius 3 is 2.81 bits per heavy atom. The molecule has 1 aromatic carbocycles. The van der Waals surface area contributed by atoms with Gasteiger partial charge < -0.3 is 15.2 Å². The van der Waals surface area contributed by atoms with Gasteiger partial charge in [0.1, 0.15) is 5.75 Å². The number of hydrogen-bond acceptors (Lipinski definition) is 3. The van der Waals surface area contributed by atoms with Gasteiger partial charge in [0.15, 0.2) is 6.61 Å². The molecule has 0 fully saturated rings. The maximum absolute atomic E-state index is 11.7. The number of ether oxygens (including phenoxy) is 1. The van der Waals surface area contributed by atoms with Gasteiger partial charge >= 0.3 is 0 Å². The number of rotatable bonds is 9. The summed E-state index contributed by atoms with van der Waals surface area (Å²) in [6, 6.07) is 6.12. The van der Waals surface area contributed by atoms with Crippen LogP contribution in [0.15, 0.2) is 18.2 Å². The van der Waals surface area contributed by atoms with Crippen LogP contribution in [0.3, 0.4) is 0 Å². The van der Waals surface area contributed by atoms with E-state index < -0.39 is 0 Å². The molecule has 0 spiro atoms. The standard InChI is InChI=1S/C17H25NO3/c19-11-4-2-1-3-10-18-17(20)13-21-16-9-8-14-6-5-7-15(14)12-16/h8-9,12,19H,1-7,10-11,13H2,(H,18,20). The molecule has 0 bridgehead atoms. The van der Waals surface area contributed by atoms with Gasteiger partial charge in [0.05, 0.1) is 0 Å². The minimum atomic E-state index is -0.0716. The highest BCUT2D eigenvalue weighted by Crippen LogP contribution is 2.25. The second-order valence-corrected chi connectivity index (χ2v) is 5.56. The van der Waals surface area contributed by atoms with Crippen molar-refractivity contribution in [1.82, 2.24) is 5.32 Å². The molecule has 0 atom stereocenters. The Labute approximate surface area is 126 Å². The van der Waals surface area contributed by atoms with Crippen LogP contribution in [0.4, 0.5) is 0 Å². The molecule has 0 heterocycles. The number of carbonyl (C=O) groups excluding carboxylic acids is 1. The number of unbranched alkanes of at least 4 members (excludes halogenated alkanes) is 3. The Morgan fingerprint density at radius 1 is 1.14 bits per heavy atom. The molecule has 0 aliphatic heterocycles. The van der Waals surface area contributed by atoms with E-state index in [4.69, 9.17) is 9.84 Å². The van der Waals surface area contributed by atoms with Crippen LogP contribution < -0.4 is 10.1 Å². The summed E-state index contributed by atoms with van der Waals surface area (Å²) in [5.41, 5.74) is 2.77. The summed E-state index contributed by atoms with van der Waals surface area (Å²) < 4.78 is 5.54. The lowest BCUT2D eigenvalue weighted by Crippen LogP contribution is -2.29. The molecule has 116 valence electrons. The maximum Gasteiger partial charge on any atom is 0.257 e. The van der Waals surface area contributed by atoms with Gasteiger partial charge in [-0.15, -0.1) is 0 Å². The molecule has 0 saturated heterocycles. The molecule has 2 rings (SSSR count). The normalized spacial score (nSPS) is 13.0. The first-order chi connectivity index (χ1) is 10.3. The highest BCUT2D eigenvalue weighted by atomic mass is 16.5. The molecule has 0 radical (unpaired) electrons. The van der Waals surface area contributed by atoms with Crippen molar-refractivity contribution in [2.45, 2.75) is 44.9 Å². The van der Waals surface area contributed by atoms with Gasteiger partial charge in [-0.25, -0.2) is 0 Å². The molecular weight excluding hydrogens is 266 g/mol. The lowest BCUT2D eigenvalue weighted by Gasteiger charge is -2.09. The fourth-order valence-electron chi connectivity index (χ4n) is 2.66. The summed E-state index contributed by atoms with van der Waals surface area (Å²) in [4.78, 5) is 11.7. The molecule has 4 nitrogen and oxygen atoms in total. The number of nitrogens with one attached hydrogen (secondary N) is 1. The van der Waals surface area contributed by atoms with Crippen LogP contribution in [0.5, 0.6) is 5.75 Å². The Kier molecular flexibility index (Phi) is 6.54. The monoisotopic (exact) mass is 291 g/mol. The Balaban J connectivity index is 1.60. The van der Waals surface area contributed by atoms with E-state index in [1.807, 2.05) is 6.07 Å². The molecule has 4 heteroatoms. The van der Waals surface area contributed by atoms with Crippen LogP contribution in [0, 0.1) is 0 Å². The number of amides is 1. The van der Waals surface area contributed by atoms with E-state index in [2.05, 4.69) is 17.4 Å². The van der Waals surface area contributed by atoms with Crippen molar-refractivity contribution in [1.29, 1.82) is 0 Å². The highest BCUT2D eigenvalue weighted by Gasteiger charge is 2.11.